The smallest absolute Gasteiger partial charge is 0.212 e. The summed E-state index contributed by atoms with van der Waals surface area (Å²) < 4.78 is 12.9. The maximum Gasteiger partial charge on any atom is 0.212 e. The summed E-state index contributed by atoms with van der Waals surface area (Å²) in [6, 6.07) is 4.24. The first-order valence-corrected chi connectivity index (χ1v) is 11.6. The molecule has 2 aliphatic rings. The summed E-state index contributed by atoms with van der Waals surface area (Å²) in [5.74, 6) is 2.01. The first-order valence-electron chi connectivity index (χ1n) is 11.6. The number of imidazole rings is 1. The summed E-state index contributed by atoms with van der Waals surface area (Å²) in [4.78, 5) is 21.3. The lowest BCUT2D eigenvalue weighted by Crippen LogP contribution is -2.39. The van der Waals surface area contributed by atoms with E-state index >= 15 is 0 Å². The summed E-state index contributed by atoms with van der Waals surface area (Å²) in [7, 11) is 1.61. The summed E-state index contributed by atoms with van der Waals surface area (Å²) in [5.41, 5.74) is 2.59. The van der Waals surface area contributed by atoms with E-state index in [9.17, 15) is 0 Å². The lowest BCUT2D eigenvalue weighted by Gasteiger charge is -2.26. The number of methoxy groups -OCH3 is 1. The van der Waals surface area contributed by atoms with Crippen LogP contribution in [0.15, 0.2) is 24.7 Å². The molecule has 1 aliphatic carbocycles. The highest BCUT2D eigenvalue weighted by atomic mass is 16.5. The lowest BCUT2D eigenvalue weighted by molar-refractivity contribution is 0.0398. The maximum absolute atomic E-state index is 5.45. The number of nitrogens with zero attached hydrogens (tertiary/aromatic N) is 6. The van der Waals surface area contributed by atoms with Crippen LogP contribution in [-0.2, 0) is 4.74 Å². The Kier molecular flexibility index (Phi) is 6.45. The molecule has 0 aromatic carbocycles. The molecule has 4 heterocycles. The van der Waals surface area contributed by atoms with E-state index in [4.69, 9.17) is 24.4 Å². The molecule has 9 heteroatoms. The molecule has 0 unspecified atom stereocenters. The molecule has 3 aromatic heterocycles. The molecular formula is C23H31N7O2. The lowest BCUT2D eigenvalue weighted by atomic mass is 9.95. The van der Waals surface area contributed by atoms with E-state index in [1.165, 1.54) is 32.1 Å². The number of pyridine rings is 1. The van der Waals surface area contributed by atoms with Gasteiger partial charge in [-0.3, -0.25) is 4.90 Å². The van der Waals surface area contributed by atoms with Crippen molar-refractivity contribution in [2.24, 2.45) is 0 Å². The second-order valence-corrected chi connectivity index (χ2v) is 8.48. The molecule has 0 bridgehead atoms. The number of anilines is 1. The van der Waals surface area contributed by atoms with Crippen LogP contribution in [0.1, 0.15) is 38.1 Å². The minimum Gasteiger partial charge on any atom is -0.481 e. The van der Waals surface area contributed by atoms with Crippen molar-refractivity contribution in [3.05, 3.63) is 24.7 Å². The van der Waals surface area contributed by atoms with Gasteiger partial charge in [0, 0.05) is 50.0 Å². The summed E-state index contributed by atoms with van der Waals surface area (Å²) in [6.07, 6.45) is 9.89. The van der Waals surface area contributed by atoms with E-state index in [1.54, 1.807) is 13.3 Å². The molecule has 0 atom stereocenters. The number of aromatic nitrogens is 5. The first kappa shape index (κ1) is 21.1. The molecule has 5 rings (SSSR count). The molecule has 1 aliphatic heterocycles. The Morgan fingerprint density at radius 1 is 1.09 bits per heavy atom. The van der Waals surface area contributed by atoms with E-state index in [1.807, 2.05) is 18.5 Å². The molecule has 170 valence electrons. The van der Waals surface area contributed by atoms with Crippen LogP contribution in [-0.4, -0.2) is 75.9 Å². The van der Waals surface area contributed by atoms with Gasteiger partial charge >= 0.3 is 0 Å². The van der Waals surface area contributed by atoms with Crippen molar-refractivity contribution in [3.8, 4) is 17.3 Å². The number of hydrogen-bond donors (Lipinski definition) is 1. The van der Waals surface area contributed by atoms with Crippen molar-refractivity contribution in [1.82, 2.24) is 29.4 Å². The third kappa shape index (κ3) is 4.54. The molecular weight excluding hydrogens is 406 g/mol. The van der Waals surface area contributed by atoms with Gasteiger partial charge in [-0.1, -0.05) is 19.3 Å². The zero-order valence-corrected chi connectivity index (χ0v) is 18.7. The third-order valence-electron chi connectivity index (χ3n) is 6.42. The average molecular weight is 438 g/mol. The van der Waals surface area contributed by atoms with Crippen molar-refractivity contribution in [2.45, 2.75) is 38.1 Å². The quantitative estimate of drug-likeness (QED) is 0.603. The van der Waals surface area contributed by atoms with Crippen LogP contribution in [0, 0.1) is 0 Å². The number of fused-ring (bicyclic) bond motifs is 1. The van der Waals surface area contributed by atoms with Crippen molar-refractivity contribution >= 4 is 17.0 Å². The normalized spacial score (nSPS) is 18.2. The summed E-state index contributed by atoms with van der Waals surface area (Å²) in [5, 5.41) is 3.53. The number of morpholine rings is 1. The highest BCUT2D eigenvalue weighted by molar-refractivity contribution is 5.85. The molecule has 9 nitrogen and oxygen atoms in total. The largest absolute Gasteiger partial charge is 0.481 e. The van der Waals surface area contributed by atoms with Gasteiger partial charge in [0.2, 0.25) is 5.88 Å². The van der Waals surface area contributed by atoms with Crippen molar-refractivity contribution in [1.29, 1.82) is 0 Å². The Hall–Kier alpha value is -2.78. The van der Waals surface area contributed by atoms with Crippen LogP contribution in [0.2, 0.25) is 0 Å². The van der Waals surface area contributed by atoms with Crippen LogP contribution in [0.4, 0.5) is 5.82 Å². The number of hydrogen-bond acceptors (Lipinski definition) is 8. The monoisotopic (exact) mass is 437 g/mol. The molecule has 3 aromatic rings. The summed E-state index contributed by atoms with van der Waals surface area (Å²) >= 11 is 0. The van der Waals surface area contributed by atoms with Gasteiger partial charge < -0.3 is 19.4 Å². The van der Waals surface area contributed by atoms with Crippen LogP contribution >= 0.6 is 0 Å². The van der Waals surface area contributed by atoms with Crippen LogP contribution in [0.5, 0.6) is 5.88 Å². The molecule has 1 N–H and O–H groups in total. The molecule has 0 spiro atoms. The van der Waals surface area contributed by atoms with E-state index in [-0.39, 0.29) is 0 Å². The molecule has 1 saturated carbocycles. The van der Waals surface area contributed by atoms with Gasteiger partial charge in [-0.25, -0.2) is 19.9 Å². The van der Waals surface area contributed by atoms with Gasteiger partial charge in [0.15, 0.2) is 17.3 Å². The maximum atomic E-state index is 5.45. The van der Waals surface area contributed by atoms with Crippen LogP contribution in [0.3, 0.4) is 0 Å². The third-order valence-corrected chi connectivity index (χ3v) is 6.42. The van der Waals surface area contributed by atoms with Crippen LogP contribution in [0.25, 0.3) is 22.6 Å². The molecule has 0 radical (unpaired) electrons. The van der Waals surface area contributed by atoms with Crippen LogP contribution < -0.4 is 10.1 Å². The second kappa shape index (κ2) is 9.79. The minimum atomic E-state index is 0.451. The fourth-order valence-electron chi connectivity index (χ4n) is 4.59. The predicted molar refractivity (Wildman–Crippen MR) is 123 cm³/mol. The Morgan fingerprint density at radius 3 is 2.69 bits per heavy atom. The van der Waals surface area contributed by atoms with Crippen molar-refractivity contribution in [3.63, 3.8) is 0 Å². The standard InChI is InChI=1S/C23H31N7O2/c1-31-19-8-7-17(15-25-19)21-27-22(24-9-10-29-11-13-32-14-12-29)20-23(28-21)30(16-26-20)18-5-3-2-4-6-18/h7-8,15-16,18H,2-6,9-14H2,1H3,(H,24,27,28). The van der Waals surface area contributed by atoms with Gasteiger partial charge in [0.05, 0.1) is 26.7 Å². The van der Waals surface area contributed by atoms with Gasteiger partial charge in [-0.15, -0.1) is 0 Å². The Morgan fingerprint density at radius 2 is 1.94 bits per heavy atom. The van der Waals surface area contributed by atoms with Gasteiger partial charge in [0.25, 0.3) is 0 Å². The fraction of sp³-hybridized carbons (Fsp3) is 0.565. The second-order valence-electron chi connectivity index (χ2n) is 8.48. The Labute approximate surface area is 188 Å². The fourth-order valence-corrected chi connectivity index (χ4v) is 4.59. The zero-order valence-electron chi connectivity index (χ0n) is 18.7. The van der Waals surface area contributed by atoms with E-state index < -0.39 is 0 Å². The van der Waals surface area contributed by atoms with E-state index in [2.05, 4.69) is 19.8 Å². The SMILES string of the molecule is COc1ccc(-c2nc(NCCN3CCOCC3)c3ncn(C4CCCCC4)c3n2)cn1. The molecule has 2 fully saturated rings. The number of nitrogens with one attached hydrogen (secondary N) is 1. The molecule has 1 saturated heterocycles. The Bertz CT molecular complexity index is 1020. The predicted octanol–water partition coefficient (Wildman–Crippen LogP) is 3.15. The Balaban J connectivity index is 1.46. The first-order chi connectivity index (χ1) is 15.8. The summed E-state index contributed by atoms with van der Waals surface area (Å²) in [6.45, 7) is 5.29. The van der Waals surface area contributed by atoms with E-state index in [0.717, 1.165) is 61.9 Å². The molecule has 0 amide bonds. The van der Waals surface area contributed by atoms with Crippen molar-refractivity contribution in [2.75, 3.05) is 51.8 Å². The minimum absolute atomic E-state index is 0.451. The van der Waals surface area contributed by atoms with E-state index in [0.29, 0.717) is 17.7 Å². The highest BCUT2D eigenvalue weighted by Gasteiger charge is 2.21. The molecule has 32 heavy (non-hydrogen) atoms. The highest BCUT2D eigenvalue weighted by Crippen LogP contribution is 2.32. The van der Waals surface area contributed by atoms with Gasteiger partial charge in [-0.2, -0.15) is 0 Å². The number of rotatable bonds is 7. The van der Waals surface area contributed by atoms with Gasteiger partial charge in [-0.05, 0) is 18.9 Å². The average Bonchev–Trinajstić information content (AvgIpc) is 3.29. The van der Waals surface area contributed by atoms with Crippen molar-refractivity contribution < 1.29 is 9.47 Å². The zero-order chi connectivity index (χ0) is 21.8. The topological polar surface area (TPSA) is 90.2 Å². The van der Waals surface area contributed by atoms with Gasteiger partial charge in [0.1, 0.15) is 5.52 Å². The number of ether oxygens (including phenoxy) is 2.